The number of hydrogen-bond donors (Lipinski definition) is 1. The summed E-state index contributed by atoms with van der Waals surface area (Å²) in [7, 11) is 1.24. The Morgan fingerprint density at radius 1 is 1.17 bits per heavy atom. The molecule has 0 aliphatic heterocycles. The van der Waals surface area contributed by atoms with Crippen molar-refractivity contribution in [2.75, 3.05) is 7.11 Å². The first kappa shape index (κ1) is 17.5. The second-order valence-electron chi connectivity index (χ2n) is 6.72. The van der Waals surface area contributed by atoms with Crippen LogP contribution in [0.15, 0.2) is 30.3 Å². The Labute approximate surface area is 137 Å². The Morgan fingerprint density at radius 3 is 2.35 bits per heavy atom. The third kappa shape index (κ3) is 4.10. The van der Waals surface area contributed by atoms with Crippen molar-refractivity contribution in [3.05, 3.63) is 35.9 Å². The zero-order valence-electron chi connectivity index (χ0n) is 13.8. The molecule has 2 rings (SSSR count). The van der Waals surface area contributed by atoms with Crippen molar-refractivity contribution in [1.29, 1.82) is 0 Å². The number of carbonyl (C=O) groups excluding carboxylic acids is 2. The summed E-state index contributed by atoms with van der Waals surface area (Å²) in [5, 5.41) is 0. The Kier molecular flexibility index (Phi) is 5.42. The van der Waals surface area contributed by atoms with Crippen LogP contribution in [0.3, 0.4) is 0 Å². The van der Waals surface area contributed by atoms with Crippen LogP contribution in [-0.4, -0.2) is 24.6 Å². The molecule has 1 aliphatic rings. The summed E-state index contributed by atoms with van der Waals surface area (Å²) in [5.41, 5.74) is 5.15. The van der Waals surface area contributed by atoms with Gasteiger partial charge in [-0.2, -0.15) is 0 Å². The maximum atomic E-state index is 12.5. The molecule has 0 heterocycles. The largest absolute Gasteiger partial charge is 0.467 e. The molecule has 1 saturated carbocycles. The van der Waals surface area contributed by atoms with Crippen molar-refractivity contribution in [3.8, 4) is 0 Å². The minimum atomic E-state index is -1.75. The lowest BCUT2D eigenvalue weighted by molar-refractivity contribution is -0.165. The molecule has 0 bridgehead atoms. The number of nitrogens with two attached hydrogens (primary N) is 1. The highest BCUT2D eigenvalue weighted by Crippen LogP contribution is 2.43. The van der Waals surface area contributed by atoms with E-state index in [1.54, 1.807) is 0 Å². The van der Waals surface area contributed by atoms with Crippen LogP contribution in [0.2, 0.25) is 0 Å². The molecule has 1 fully saturated rings. The Balaban J connectivity index is 2.10. The van der Waals surface area contributed by atoms with Gasteiger partial charge < -0.3 is 15.2 Å². The molecule has 5 heteroatoms. The minimum absolute atomic E-state index is 0.0896. The van der Waals surface area contributed by atoms with Gasteiger partial charge in [-0.1, -0.05) is 50.1 Å². The van der Waals surface area contributed by atoms with Crippen LogP contribution in [-0.2, 0) is 25.7 Å². The number of ether oxygens (including phenoxy) is 2. The lowest BCUT2D eigenvalue weighted by Crippen LogP contribution is -2.58. The second-order valence-corrected chi connectivity index (χ2v) is 6.72. The second kappa shape index (κ2) is 7.13. The molecule has 126 valence electrons. The van der Waals surface area contributed by atoms with Crippen LogP contribution in [0.1, 0.15) is 44.6 Å². The molecule has 1 atom stereocenters. The summed E-state index contributed by atoms with van der Waals surface area (Å²) in [5.74, 6) is -1.45. The highest BCUT2D eigenvalue weighted by Gasteiger charge is 2.50. The molecule has 0 spiro atoms. The first-order chi connectivity index (χ1) is 10.9. The van der Waals surface area contributed by atoms with E-state index in [0.29, 0.717) is 0 Å². The van der Waals surface area contributed by atoms with Crippen molar-refractivity contribution >= 4 is 11.9 Å². The average molecular weight is 319 g/mol. The lowest BCUT2D eigenvalue weighted by atomic mass is 9.76. The Bertz CT molecular complexity index is 551. The van der Waals surface area contributed by atoms with E-state index in [4.69, 9.17) is 15.2 Å². The molecule has 1 aromatic rings. The van der Waals surface area contributed by atoms with Crippen LogP contribution >= 0.6 is 0 Å². The van der Waals surface area contributed by atoms with Crippen LogP contribution in [0.25, 0.3) is 0 Å². The molecule has 0 radical (unpaired) electrons. The first-order valence-corrected chi connectivity index (χ1v) is 7.98. The molecule has 2 N–H and O–H groups in total. The fourth-order valence-electron chi connectivity index (χ4n) is 3.34. The third-order valence-corrected chi connectivity index (χ3v) is 4.64. The fourth-order valence-corrected chi connectivity index (χ4v) is 3.34. The van der Waals surface area contributed by atoms with Gasteiger partial charge in [0, 0.05) is 0 Å². The Morgan fingerprint density at radius 2 is 1.78 bits per heavy atom. The molecule has 5 nitrogen and oxygen atoms in total. The van der Waals surface area contributed by atoms with Gasteiger partial charge in [0.25, 0.3) is 0 Å². The number of methoxy groups -OCH3 is 1. The standard InChI is InChI=1S/C18H25NO4/c1-17(10-6-7-11-17)13-18(19,15(20)22-2)16(21)23-12-14-8-4-3-5-9-14/h3-5,8-9H,6-7,10-13,19H2,1-2H3. The minimum Gasteiger partial charge on any atom is -0.467 e. The van der Waals surface area contributed by atoms with E-state index in [2.05, 4.69) is 6.92 Å². The summed E-state index contributed by atoms with van der Waals surface area (Å²) in [6.07, 6.45) is 4.34. The van der Waals surface area contributed by atoms with Gasteiger partial charge in [0.1, 0.15) is 6.61 Å². The van der Waals surface area contributed by atoms with Crippen LogP contribution < -0.4 is 5.73 Å². The molecule has 0 aromatic heterocycles. The Hall–Kier alpha value is -1.88. The van der Waals surface area contributed by atoms with E-state index < -0.39 is 17.5 Å². The lowest BCUT2D eigenvalue weighted by Gasteiger charge is -2.33. The molecule has 1 aromatic carbocycles. The first-order valence-electron chi connectivity index (χ1n) is 7.98. The van der Waals surface area contributed by atoms with Crippen molar-refractivity contribution in [1.82, 2.24) is 0 Å². The number of hydrogen-bond acceptors (Lipinski definition) is 5. The van der Waals surface area contributed by atoms with E-state index in [1.807, 2.05) is 30.3 Å². The van der Waals surface area contributed by atoms with Gasteiger partial charge in [0.15, 0.2) is 0 Å². The zero-order chi connectivity index (χ0) is 16.9. The molecule has 1 unspecified atom stereocenters. The monoisotopic (exact) mass is 319 g/mol. The van der Waals surface area contributed by atoms with Gasteiger partial charge in [-0.3, -0.25) is 0 Å². The van der Waals surface area contributed by atoms with Crippen LogP contribution in [0.4, 0.5) is 0 Å². The maximum absolute atomic E-state index is 12.5. The molecular weight excluding hydrogens is 294 g/mol. The van der Waals surface area contributed by atoms with Crippen LogP contribution in [0, 0.1) is 5.41 Å². The van der Waals surface area contributed by atoms with Gasteiger partial charge in [0.2, 0.25) is 5.54 Å². The summed E-state index contributed by atoms with van der Waals surface area (Å²) in [4.78, 5) is 24.7. The van der Waals surface area contributed by atoms with Crippen molar-refractivity contribution in [3.63, 3.8) is 0 Å². The number of esters is 2. The smallest absolute Gasteiger partial charge is 0.338 e. The van der Waals surface area contributed by atoms with Crippen LogP contribution in [0.5, 0.6) is 0 Å². The van der Waals surface area contributed by atoms with Gasteiger partial charge in [-0.25, -0.2) is 9.59 Å². The molecule has 0 amide bonds. The molecule has 23 heavy (non-hydrogen) atoms. The van der Waals surface area contributed by atoms with Gasteiger partial charge >= 0.3 is 11.9 Å². The fraction of sp³-hybridized carbons (Fsp3) is 0.556. The van der Waals surface area contributed by atoms with Crippen molar-refractivity contribution in [2.45, 2.75) is 51.2 Å². The number of benzene rings is 1. The highest BCUT2D eigenvalue weighted by molar-refractivity contribution is 6.04. The summed E-state index contributed by atoms with van der Waals surface area (Å²) < 4.78 is 10.1. The van der Waals surface area contributed by atoms with E-state index >= 15 is 0 Å². The van der Waals surface area contributed by atoms with E-state index in [0.717, 1.165) is 31.2 Å². The average Bonchev–Trinajstić information content (AvgIpc) is 2.98. The van der Waals surface area contributed by atoms with Crippen molar-refractivity contribution < 1.29 is 19.1 Å². The quantitative estimate of drug-likeness (QED) is 0.644. The van der Waals surface area contributed by atoms with E-state index in [9.17, 15) is 9.59 Å². The number of carbonyl (C=O) groups is 2. The van der Waals surface area contributed by atoms with Gasteiger partial charge in [-0.05, 0) is 30.2 Å². The molecular formula is C18H25NO4. The van der Waals surface area contributed by atoms with Gasteiger partial charge in [-0.15, -0.1) is 0 Å². The molecule has 1 aliphatic carbocycles. The summed E-state index contributed by atoms with van der Waals surface area (Å²) >= 11 is 0. The predicted octanol–water partition coefficient (Wildman–Crippen LogP) is 2.57. The predicted molar refractivity (Wildman–Crippen MR) is 86.4 cm³/mol. The zero-order valence-corrected chi connectivity index (χ0v) is 13.8. The van der Waals surface area contributed by atoms with E-state index in [1.165, 1.54) is 7.11 Å². The summed E-state index contributed by atoms with van der Waals surface area (Å²) in [6.45, 7) is 2.15. The topological polar surface area (TPSA) is 78.6 Å². The normalized spacial score (nSPS) is 18.9. The summed E-state index contributed by atoms with van der Waals surface area (Å²) in [6, 6.07) is 9.30. The van der Waals surface area contributed by atoms with E-state index in [-0.39, 0.29) is 18.4 Å². The van der Waals surface area contributed by atoms with Gasteiger partial charge in [0.05, 0.1) is 7.11 Å². The molecule has 0 saturated heterocycles. The third-order valence-electron chi connectivity index (χ3n) is 4.64. The van der Waals surface area contributed by atoms with Crippen molar-refractivity contribution in [2.24, 2.45) is 11.1 Å². The number of rotatable bonds is 6. The highest BCUT2D eigenvalue weighted by atomic mass is 16.6. The maximum Gasteiger partial charge on any atom is 0.338 e. The SMILES string of the molecule is COC(=O)C(N)(CC1(C)CCCC1)C(=O)OCc1ccccc1.